The van der Waals surface area contributed by atoms with Gasteiger partial charge in [0.1, 0.15) is 11.2 Å². The van der Waals surface area contributed by atoms with E-state index < -0.39 is 0 Å². The lowest BCUT2D eigenvalue weighted by molar-refractivity contribution is 0.669. The Bertz CT molecular complexity index is 3260. The molecule has 0 aliphatic carbocycles. The third-order valence-electron chi connectivity index (χ3n) is 10.9. The SMILES string of the molecule is c1ccc(-c2ccc(-c3nc(-c4ccc5c(c4)oc4cc(-c6ccccc6)cc(-c6ccccc6)c45)nc(-c4cc5ccccc5c5ccccc45)n3)cc2)cc1. The van der Waals surface area contributed by atoms with Crippen LogP contribution < -0.4 is 0 Å². The zero-order chi connectivity index (χ0) is 37.7. The van der Waals surface area contributed by atoms with Crippen molar-refractivity contribution in [1.29, 1.82) is 0 Å². The number of rotatable bonds is 6. The summed E-state index contributed by atoms with van der Waals surface area (Å²) >= 11 is 0. The van der Waals surface area contributed by atoms with Crippen LogP contribution in [0.3, 0.4) is 0 Å². The number of benzene rings is 9. The molecule has 0 saturated heterocycles. The highest BCUT2D eigenvalue weighted by molar-refractivity contribution is 6.15. The summed E-state index contributed by atoms with van der Waals surface area (Å²) in [5.74, 6) is 1.80. The highest BCUT2D eigenvalue weighted by Crippen LogP contribution is 2.42. The molecule has 0 spiro atoms. The number of nitrogens with zero attached hydrogens (tertiary/aromatic N) is 3. The van der Waals surface area contributed by atoms with Gasteiger partial charge in [-0.3, -0.25) is 0 Å². The quantitative estimate of drug-likeness (QED) is 0.160. The molecular weight excluding hydrogens is 695 g/mol. The number of hydrogen-bond acceptors (Lipinski definition) is 4. The standard InChI is InChI=1S/C53H33N3O/c1-4-14-34(15-5-1)36-24-26-38(27-25-36)51-54-52(56-53(55-51)47-30-39-20-10-11-21-42(39)43-22-12-13-23-44(43)47)40-28-29-45-48(32-40)57-49-33-41(35-16-6-2-7-17-35)31-46(50(45)49)37-18-8-3-9-19-37/h1-33H. The smallest absolute Gasteiger partial charge is 0.164 e. The number of hydrogen-bond donors (Lipinski definition) is 0. The van der Waals surface area contributed by atoms with Crippen LogP contribution in [-0.4, -0.2) is 15.0 Å². The van der Waals surface area contributed by atoms with E-state index in [2.05, 4.69) is 188 Å². The van der Waals surface area contributed by atoms with Gasteiger partial charge < -0.3 is 4.42 Å². The molecule has 0 radical (unpaired) electrons. The highest BCUT2D eigenvalue weighted by Gasteiger charge is 2.19. The molecule has 2 aromatic heterocycles. The van der Waals surface area contributed by atoms with E-state index in [1.165, 1.54) is 5.39 Å². The maximum absolute atomic E-state index is 6.76. The summed E-state index contributed by atoms with van der Waals surface area (Å²) in [5, 5.41) is 6.71. The lowest BCUT2D eigenvalue weighted by Crippen LogP contribution is -2.01. The van der Waals surface area contributed by atoms with Gasteiger partial charge in [-0.2, -0.15) is 0 Å². The topological polar surface area (TPSA) is 51.8 Å². The fraction of sp³-hybridized carbons (Fsp3) is 0. The predicted molar refractivity (Wildman–Crippen MR) is 235 cm³/mol. The first-order chi connectivity index (χ1) is 28.2. The Morgan fingerprint density at radius 1 is 0.281 bits per heavy atom. The largest absolute Gasteiger partial charge is 0.456 e. The van der Waals surface area contributed by atoms with E-state index in [-0.39, 0.29) is 0 Å². The van der Waals surface area contributed by atoms with Crippen molar-refractivity contribution in [2.75, 3.05) is 0 Å². The van der Waals surface area contributed by atoms with Crippen molar-refractivity contribution in [1.82, 2.24) is 15.0 Å². The molecule has 0 saturated carbocycles. The Morgan fingerprint density at radius 3 is 1.51 bits per heavy atom. The lowest BCUT2D eigenvalue weighted by atomic mass is 9.94. The van der Waals surface area contributed by atoms with E-state index in [4.69, 9.17) is 19.4 Å². The molecule has 9 aromatic carbocycles. The maximum atomic E-state index is 6.76. The molecule has 11 aromatic rings. The Labute approximate surface area is 329 Å². The Kier molecular flexibility index (Phi) is 7.78. The van der Waals surface area contributed by atoms with Gasteiger partial charge in [-0.05, 0) is 85.3 Å². The van der Waals surface area contributed by atoms with Crippen LogP contribution >= 0.6 is 0 Å². The van der Waals surface area contributed by atoms with E-state index in [9.17, 15) is 0 Å². The van der Waals surface area contributed by atoms with Crippen LogP contribution in [-0.2, 0) is 0 Å². The molecule has 0 unspecified atom stereocenters. The highest BCUT2D eigenvalue weighted by atomic mass is 16.3. The van der Waals surface area contributed by atoms with E-state index in [0.717, 1.165) is 88.2 Å². The van der Waals surface area contributed by atoms with Gasteiger partial charge in [0.2, 0.25) is 0 Å². The number of furan rings is 1. The average molecular weight is 728 g/mol. The first kappa shape index (κ1) is 32.7. The molecule has 0 amide bonds. The second kappa shape index (κ2) is 13.6. The van der Waals surface area contributed by atoms with Crippen molar-refractivity contribution in [2.45, 2.75) is 0 Å². The van der Waals surface area contributed by atoms with Crippen LogP contribution in [0.5, 0.6) is 0 Å². The van der Waals surface area contributed by atoms with Gasteiger partial charge in [0.05, 0.1) is 0 Å². The van der Waals surface area contributed by atoms with Gasteiger partial charge in [-0.25, -0.2) is 15.0 Å². The summed E-state index contributed by atoms with van der Waals surface area (Å²) in [6.07, 6.45) is 0. The van der Waals surface area contributed by atoms with Crippen LogP contribution in [0, 0.1) is 0 Å². The van der Waals surface area contributed by atoms with Crippen molar-refractivity contribution >= 4 is 43.5 Å². The van der Waals surface area contributed by atoms with Crippen LogP contribution in [0.25, 0.3) is 111 Å². The summed E-state index contributed by atoms with van der Waals surface area (Å²) in [6.45, 7) is 0. The van der Waals surface area contributed by atoms with Crippen LogP contribution in [0.4, 0.5) is 0 Å². The van der Waals surface area contributed by atoms with Gasteiger partial charge >= 0.3 is 0 Å². The number of fused-ring (bicyclic) bond motifs is 6. The maximum Gasteiger partial charge on any atom is 0.164 e. The minimum absolute atomic E-state index is 0.579. The molecule has 2 heterocycles. The molecule has 0 fully saturated rings. The second-order valence-electron chi connectivity index (χ2n) is 14.4. The predicted octanol–water partition coefficient (Wildman–Crippen LogP) is 14.1. The van der Waals surface area contributed by atoms with Gasteiger partial charge in [-0.15, -0.1) is 0 Å². The van der Waals surface area contributed by atoms with Gasteiger partial charge in [0, 0.05) is 27.5 Å². The van der Waals surface area contributed by atoms with Gasteiger partial charge in [-0.1, -0.05) is 170 Å². The number of aromatic nitrogens is 3. The zero-order valence-electron chi connectivity index (χ0n) is 30.8. The third-order valence-corrected chi connectivity index (χ3v) is 10.9. The van der Waals surface area contributed by atoms with Crippen LogP contribution in [0.1, 0.15) is 0 Å². The summed E-state index contributed by atoms with van der Waals surface area (Å²) in [6, 6.07) is 69.8. The molecule has 4 heteroatoms. The molecular formula is C53H33N3O. The zero-order valence-corrected chi connectivity index (χ0v) is 30.8. The molecule has 0 bridgehead atoms. The summed E-state index contributed by atoms with van der Waals surface area (Å²) < 4.78 is 6.76. The molecule has 266 valence electrons. The molecule has 4 nitrogen and oxygen atoms in total. The normalized spacial score (nSPS) is 11.5. The fourth-order valence-electron chi connectivity index (χ4n) is 8.12. The van der Waals surface area contributed by atoms with Crippen LogP contribution in [0.15, 0.2) is 205 Å². The summed E-state index contributed by atoms with van der Waals surface area (Å²) in [4.78, 5) is 15.6. The first-order valence-corrected chi connectivity index (χ1v) is 19.2. The minimum Gasteiger partial charge on any atom is -0.456 e. The summed E-state index contributed by atoms with van der Waals surface area (Å²) in [5.41, 5.74) is 11.1. The van der Waals surface area contributed by atoms with Crippen molar-refractivity contribution in [3.05, 3.63) is 200 Å². The van der Waals surface area contributed by atoms with E-state index in [1.54, 1.807) is 0 Å². The van der Waals surface area contributed by atoms with E-state index >= 15 is 0 Å². The molecule has 0 N–H and O–H groups in total. The average Bonchev–Trinajstić information content (AvgIpc) is 3.67. The summed E-state index contributed by atoms with van der Waals surface area (Å²) in [7, 11) is 0. The molecule has 57 heavy (non-hydrogen) atoms. The van der Waals surface area contributed by atoms with Gasteiger partial charge in [0.15, 0.2) is 17.5 Å². The minimum atomic E-state index is 0.579. The monoisotopic (exact) mass is 727 g/mol. The Balaban J connectivity index is 1.11. The Morgan fingerprint density at radius 2 is 0.789 bits per heavy atom. The molecule has 0 aliphatic rings. The van der Waals surface area contributed by atoms with Crippen molar-refractivity contribution < 1.29 is 4.42 Å². The molecule has 0 aliphatic heterocycles. The lowest BCUT2D eigenvalue weighted by Gasteiger charge is -2.12. The van der Waals surface area contributed by atoms with Crippen molar-refractivity contribution in [3.63, 3.8) is 0 Å². The van der Waals surface area contributed by atoms with E-state index in [1.807, 2.05) is 12.1 Å². The molecule has 11 rings (SSSR count). The third kappa shape index (κ3) is 5.83. The van der Waals surface area contributed by atoms with Crippen molar-refractivity contribution in [3.8, 4) is 67.5 Å². The van der Waals surface area contributed by atoms with E-state index in [0.29, 0.717) is 17.5 Å². The Hall–Kier alpha value is -7.69. The molecule has 0 atom stereocenters. The van der Waals surface area contributed by atoms with Crippen molar-refractivity contribution in [2.24, 2.45) is 0 Å². The van der Waals surface area contributed by atoms with Crippen LogP contribution in [0.2, 0.25) is 0 Å². The fourth-order valence-corrected chi connectivity index (χ4v) is 8.12. The van der Waals surface area contributed by atoms with Gasteiger partial charge in [0.25, 0.3) is 0 Å². The second-order valence-corrected chi connectivity index (χ2v) is 14.4. The first-order valence-electron chi connectivity index (χ1n) is 19.2.